The van der Waals surface area contributed by atoms with Crippen LogP contribution in [0.25, 0.3) is 0 Å². The molecule has 2 aromatic rings. The van der Waals surface area contributed by atoms with Crippen LogP contribution in [0, 0.1) is 0 Å². The number of aromatic amines is 1. The first kappa shape index (κ1) is 12.6. The number of halogens is 1. The highest BCUT2D eigenvalue weighted by Crippen LogP contribution is 2.37. The Hall–Kier alpha value is -1.82. The number of ketones is 1. The first-order chi connectivity index (χ1) is 8.69. The van der Waals surface area contributed by atoms with Crippen LogP contribution in [0.5, 0.6) is 11.5 Å². The third-order valence-electron chi connectivity index (χ3n) is 2.44. The average Bonchev–Trinajstić information content (AvgIpc) is 2.91. The molecule has 2 rings (SSSR count). The standard InChI is InChI=1S/C12H11BrN2O3/c1-17-8-4-3-7(11(18-2)9(8)13)10(16)12-14-5-6-15-12/h3-6H,1-2H3,(H,14,15). The summed E-state index contributed by atoms with van der Waals surface area (Å²) in [7, 11) is 3.05. The van der Waals surface area contributed by atoms with E-state index in [2.05, 4.69) is 25.9 Å². The molecule has 1 aromatic heterocycles. The highest BCUT2D eigenvalue weighted by Gasteiger charge is 2.20. The summed E-state index contributed by atoms with van der Waals surface area (Å²) in [6, 6.07) is 3.34. The van der Waals surface area contributed by atoms with Crippen LogP contribution in [0.2, 0.25) is 0 Å². The average molecular weight is 311 g/mol. The predicted molar refractivity (Wildman–Crippen MR) is 69.3 cm³/mol. The number of carbonyl (C=O) groups is 1. The van der Waals surface area contributed by atoms with Crippen LogP contribution < -0.4 is 9.47 Å². The molecule has 0 saturated heterocycles. The molecule has 18 heavy (non-hydrogen) atoms. The third-order valence-corrected chi connectivity index (χ3v) is 3.19. The second-order valence-corrected chi connectivity index (χ2v) is 4.22. The SMILES string of the molecule is COc1ccc(C(=O)c2ncc[nH]2)c(OC)c1Br. The molecule has 1 heterocycles. The van der Waals surface area contributed by atoms with Crippen molar-refractivity contribution < 1.29 is 14.3 Å². The van der Waals surface area contributed by atoms with Gasteiger partial charge in [-0.25, -0.2) is 4.98 Å². The van der Waals surface area contributed by atoms with Crippen molar-refractivity contribution in [1.29, 1.82) is 0 Å². The first-order valence-corrected chi connectivity index (χ1v) is 5.93. The van der Waals surface area contributed by atoms with Crippen molar-refractivity contribution in [3.63, 3.8) is 0 Å². The number of ether oxygens (including phenoxy) is 2. The monoisotopic (exact) mass is 310 g/mol. The van der Waals surface area contributed by atoms with Gasteiger partial charge in [-0.1, -0.05) is 0 Å². The number of hydrogen-bond donors (Lipinski definition) is 1. The van der Waals surface area contributed by atoms with Crippen molar-refractivity contribution in [2.24, 2.45) is 0 Å². The van der Waals surface area contributed by atoms with Crippen LogP contribution in [-0.4, -0.2) is 30.0 Å². The summed E-state index contributed by atoms with van der Waals surface area (Å²) in [6.07, 6.45) is 3.12. The lowest BCUT2D eigenvalue weighted by atomic mass is 10.1. The summed E-state index contributed by atoms with van der Waals surface area (Å²) >= 11 is 3.35. The quantitative estimate of drug-likeness (QED) is 0.881. The number of imidazole rings is 1. The summed E-state index contributed by atoms with van der Waals surface area (Å²) in [5.41, 5.74) is 0.417. The van der Waals surface area contributed by atoms with Gasteiger partial charge < -0.3 is 14.5 Å². The van der Waals surface area contributed by atoms with Crippen molar-refractivity contribution in [2.75, 3.05) is 14.2 Å². The molecule has 0 saturated carbocycles. The maximum atomic E-state index is 12.2. The van der Waals surface area contributed by atoms with Gasteiger partial charge in [0.2, 0.25) is 5.78 Å². The van der Waals surface area contributed by atoms with Crippen LogP contribution in [0.4, 0.5) is 0 Å². The smallest absolute Gasteiger partial charge is 0.231 e. The number of benzene rings is 1. The maximum absolute atomic E-state index is 12.2. The zero-order chi connectivity index (χ0) is 13.1. The van der Waals surface area contributed by atoms with Crippen LogP contribution in [0.3, 0.4) is 0 Å². The first-order valence-electron chi connectivity index (χ1n) is 5.13. The normalized spacial score (nSPS) is 10.2. The van der Waals surface area contributed by atoms with E-state index in [9.17, 15) is 4.79 Å². The van der Waals surface area contributed by atoms with Crippen molar-refractivity contribution >= 4 is 21.7 Å². The Morgan fingerprint density at radius 2 is 2.11 bits per heavy atom. The Kier molecular flexibility index (Phi) is 3.66. The van der Waals surface area contributed by atoms with Crippen molar-refractivity contribution in [1.82, 2.24) is 9.97 Å². The van der Waals surface area contributed by atoms with E-state index in [-0.39, 0.29) is 11.6 Å². The molecular weight excluding hydrogens is 300 g/mol. The van der Waals surface area contributed by atoms with Crippen LogP contribution >= 0.6 is 15.9 Å². The van der Waals surface area contributed by atoms with E-state index in [0.29, 0.717) is 21.5 Å². The molecule has 0 amide bonds. The molecule has 94 valence electrons. The van der Waals surface area contributed by atoms with Crippen molar-refractivity contribution in [3.05, 3.63) is 40.4 Å². The van der Waals surface area contributed by atoms with Gasteiger partial charge in [-0.3, -0.25) is 4.79 Å². The molecule has 0 unspecified atom stereocenters. The van der Waals surface area contributed by atoms with Gasteiger partial charge >= 0.3 is 0 Å². The Morgan fingerprint density at radius 1 is 1.33 bits per heavy atom. The Bertz CT molecular complexity index is 567. The lowest BCUT2D eigenvalue weighted by Crippen LogP contribution is -2.06. The fourth-order valence-corrected chi connectivity index (χ4v) is 2.26. The van der Waals surface area contributed by atoms with Gasteiger partial charge in [-0.2, -0.15) is 0 Å². The lowest BCUT2D eigenvalue weighted by Gasteiger charge is -2.11. The summed E-state index contributed by atoms with van der Waals surface area (Å²) in [5.74, 6) is 1.06. The van der Waals surface area contributed by atoms with Crippen molar-refractivity contribution in [2.45, 2.75) is 0 Å². The maximum Gasteiger partial charge on any atom is 0.231 e. The molecule has 0 atom stereocenters. The zero-order valence-corrected chi connectivity index (χ0v) is 11.4. The minimum absolute atomic E-state index is 0.236. The minimum Gasteiger partial charge on any atom is -0.495 e. The van der Waals surface area contributed by atoms with Gasteiger partial charge in [0.15, 0.2) is 5.82 Å². The summed E-state index contributed by atoms with van der Waals surface area (Å²) in [6.45, 7) is 0. The van der Waals surface area contributed by atoms with E-state index in [4.69, 9.17) is 9.47 Å². The molecular formula is C12H11BrN2O3. The predicted octanol–water partition coefficient (Wildman–Crippen LogP) is 2.42. The molecule has 0 spiro atoms. The second-order valence-electron chi connectivity index (χ2n) is 3.43. The third kappa shape index (κ3) is 2.11. The van der Waals surface area contributed by atoms with E-state index in [1.807, 2.05) is 0 Å². The number of H-pyrrole nitrogens is 1. The Labute approximate surface area is 112 Å². The Morgan fingerprint density at radius 3 is 2.67 bits per heavy atom. The molecule has 6 heteroatoms. The molecule has 0 radical (unpaired) electrons. The number of methoxy groups -OCH3 is 2. The molecule has 0 aliphatic carbocycles. The molecule has 0 bridgehead atoms. The van der Waals surface area contributed by atoms with Crippen LogP contribution in [0.1, 0.15) is 16.2 Å². The number of hydrogen-bond acceptors (Lipinski definition) is 4. The number of carbonyl (C=O) groups excluding carboxylic acids is 1. The summed E-state index contributed by atoms with van der Waals surface area (Å²) in [4.78, 5) is 18.9. The van der Waals surface area contributed by atoms with E-state index < -0.39 is 0 Å². The molecule has 0 aliphatic heterocycles. The van der Waals surface area contributed by atoms with Gasteiger partial charge in [0, 0.05) is 12.4 Å². The molecule has 0 aliphatic rings. The summed E-state index contributed by atoms with van der Waals surface area (Å²) in [5, 5.41) is 0. The van der Waals surface area contributed by atoms with E-state index >= 15 is 0 Å². The van der Waals surface area contributed by atoms with Gasteiger partial charge in [-0.05, 0) is 28.1 Å². The topological polar surface area (TPSA) is 64.2 Å². The van der Waals surface area contributed by atoms with Gasteiger partial charge in [0.05, 0.1) is 19.8 Å². The zero-order valence-electron chi connectivity index (χ0n) is 9.86. The van der Waals surface area contributed by atoms with Gasteiger partial charge in [0.1, 0.15) is 16.0 Å². The van der Waals surface area contributed by atoms with Gasteiger partial charge in [-0.15, -0.1) is 0 Å². The molecule has 5 nitrogen and oxygen atoms in total. The van der Waals surface area contributed by atoms with Gasteiger partial charge in [0.25, 0.3) is 0 Å². The highest BCUT2D eigenvalue weighted by molar-refractivity contribution is 9.10. The number of rotatable bonds is 4. The van der Waals surface area contributed by atoms with E-state index in [1.165, 1.54) is 13.3 Å². The molecule has 0 fully saturated rings. The fourth-order valence-electron chi connectivity index (χ4n) is 1.59. The number of nitrogens with one attached hydrogen (secondary N) is 1. The second kappa shape index (κ2) is 5.22. The number of aromatic nitrogens is 2. The van der Waals surface area contributed by atoms with E-state index in [1.54, 1.807) is 25.4 Å². The fraction of sp³-hybridized carbons (Fsp3) is 0.167. The molecule has 1 N–H and O–H groups in total. The largest absolute Gasteiger partial charge is 0.495 e. The Balaban J connectivity index is 2.52. The van der Waals surface area contributed by atoms with Crippen LogP contribution in [-0.2, 0) is 0 Å². The summed E-state index contributed by atoms with van der Waals surface area (Å²) < 4.78 is 11.0. The lowest BCUT2D eigenvalue weighted by molar-refractivity contribution is 0.102. The number of nitrogens with zero attached hydrogens (tertiary/aromatic N) is 1. The molecule has 1 aromatic carbocycles. The van der Waals surface area contributed by atoms with E-state index in [0.717, 1.165) is 0 Å². The van der Waals surface area contributed by atoms with Crippen molar-refractivity contribution in [3.8, 4) is 11.5 Å². The highest BCUT2D eigenvalue weighted by atomic mass is 79.9. The van der Waals surface area contributed by atoms with Crippen LogP contribution in [0.15, 0.2) is 29.0 Å². The minimum atomic E-state index is -0.236.